The van der Waals surface area contributed by atoms with Gasteiger partial charge in [-0.15, -0.1) is 11.6 Å². The van der Waals surface area contributed by atoms with Gasteiger partial charge in [0.1, 0.15) is 5.01 Å². The van der Waals surface area contributed by atoms with E-state index in [0.29, 0.717) is 5.01 Å². The zero-order valence-electron chi connectivity index (χ0n) is 4.72. The molecule has 0 aliphatic carbocycles. The number of aromatic amines is 1. The summed E-state index contributed by atoms with van der Waals surface area (Å²) in [5, 5.41) is 6.41. The zero-order chi connectivity index (χ0) is 6.85. The van der Waals surface area contributed by atoms with Crippen molar-refractivity contribution in [3.8, 4) is 0 Å². The molecule has 0 amide bonds. The molecule has 1 aromatic heterocycles. The molecule has 0 aliphatic heterocycles. The van der Waals surface area contributed by atoms with Crippen LogP contribution in [-0.2, 0) is 0 Å². The maximum absolute atomic E-state index is 10.4. The second-order valence-corrected chi connectivity index (χ2v) is 3.22. The molecule has 0 saturated carbocycles. The van der Waals surface area contributed by atoms with Gasteiger partial charge < -0.3 is 0 Å². The van der Waals surface area contributed by atoms with E-state index in [-0.39, 0.29) is 10.3 Å². The number of nitrogens with zero attached hydrogens (tertiary/aromatic N) is 1. The van der Waals surface area contributed by atoms with Crippen molar-refractivity contribution in [2.75, 3.05) is 0 Å². The van der Waals surface area contributed by atoms with Gasteiger partial charge in [-0.25, -0.2) is 5.10 Å². The first-order valence-corrected chi connectivity index (χ1v) is 3.65. The number of hydrogen-bond acceptors (Lipinski definition) is 3. The standard InChI is InChI=1S/C4H5ClN2OS/c1-2(5)3-6-7-4(8)9-3/h2H,1H3,(H,7,8). The minimum atomic E-state index is -0.172. The van der Waals surface area contributed by atoms with Crippen molar-refractivity contribution < 1.29 is 0 Å². The van der Waals surface area contributed by atoms with Gasteiger partial charge in [0.25, 0.3) is 0 Å². The summed E-state index contributed by atoms with van der Waals surface area (Å²) in [6, 6.07) is 0. The Morgan fingerprint density at radius 3 is 2.78 bits per heavy atom. The summed E-state index contributed by atoms with van der Waals surface area (Å²) in [7, 11) is 0. The summed E-state index contributed by atoms with van der Waals surface area (Å²) in [5.41, 5.74) is 0. The monoisotopic (exact) mass is 164 g/mol. The van der Waals surface area contributed by atoms with Crippen molar-refractivity contribution in [3.05, 3.63) is 14.7 Å². The highest BCUT2D eigenvalue weighted by atomic mass is 35.5. The lowest BCUT2D eigenvalue weighted by molar-refractivity contribution is 0.948. The molecule has 1 rings (SSSR count). The molecule has 0 bridgehead atoms. The number of hydrogen-bond donors (Lipinski definition) is 1. The molecule has 0 saturated heterocycles. The van der Waals surface area contributed by atoms with Crippen molar-refractivity contribution in [1.29, 1.82) is 0 Å². The van der Waals surface area contributed by atoms with Gasteiger partial charge in [0.2, 0.25) is 0 Å². The van der Waals surface area contributed by atoms with Crippen LogP contribution in [-0.4, -0.2) is 10.2 Å². The normalized spacial score (nSPS) is 13.6. The van der Waals surface area contributed by atoms with Gasteiger partial charge in [-0.3, -0.25) is 4.79 Å². The fourth-order valence-electron chi connectivity index (χ4n) is 0.412. The van der Waals surface area contributed by atoms with E-state index in [9.17, 15) is 4.79 Å². The Kier molecular flexibility index (Phi) is 1.87. The van der Waals surface area contributed by atoms with Gasteiger partial charge in [-0.2, -0.15) is 5.10 Å². The lowest BCUT2D eigenvalue weighted by atomic mass is 10.5. The molecule has 3 nitrogen and oxygen atoms in total. The zero-order valence-corrected chi connectivity index (χ0v) is 6.29. The summed E-state index contributed by atoms with van der Waals surface area (Å²) in [6.07, 6.45) is 0. The number of H-pyrrole nitrogens is 1. The SMILES string of the molecule is CC(Cl)c1n[nH]c(=O)s1. The van der Waals surface area contributed by atoms with Crippen LogP contribution in [0, 0.1) is 0 Å². The maximum Gasteiger partial charge on any atom is 0.322 e. The van der Waals surface area contributed by atoms with E-state index in [0.717, 1.165) is 11.3 Å². The van der Waals surface area contributed by atoms with E-state index in [1.807, 2.05) is 0 Å². The number of halogens is 1. The van der Waals surface area contributed by atoms with Crippen molar-refractivity contribution in [3.63, 3.8) is 0 Å². The van der Waals surface area contributed by atoms with Gasteiger partial charge in [0.05, 0.1) is 5.38 Å². The quantitative estimate of drug-likeness (QED) is 0.633. The van der Waals surface area contributed by atoms with Crippen LogP contribution in [0.2, 0.25) is 0 Å². The van der Waals surface area contributed by atoms with Gasteiger partial charge in [0.15, 0.2) is 0 Å². The Balaban J connectivity index is 2.98. The van der Waals surface area contributed by atoms with Crippen molar-refractivity contribution in [1.82, 2.24) is 10.2 Å². The first kappa shape index (κ1) is 6.77. The van der Waals surface area contributed by atoms with Crippen LogP contribution < -0.4 is 4.87 Å². The number of aromatic nitrogens is 2. The highest BCUT2D eigenvalue weighted by molar-refractivity contribution is 7.09. The lowest BCUT2D eigenvalue weighted by Crippen LogP contribution is -1.90. The molecular weight excluding hydrogens is 160 g/mol. The Bertz CT molecular complexity index is 241. The lowest BCUT2D eigenvalue weighted by Gasteiger charge is -1.89. The summed E-state index contributed by atoms with van der Waals surface area (Å²) in [6.45, 7) is 1.77. The third-order valence-corrected chi connectivity index (χ3v) is 2.06. The molecule has 0 spiro atoms. The molecule has 50 valence electrons. The third kappa shape index (κ3) is 1.53. The fourth-order valence-corrected chi connectivity index (χ4v) is 1.13. The molecule has 0 radical (unpaired) electrons. The van der Waals surface area contributed by atoms with E-state index in [4.69, 9.17) is 11.6 Å². The molecule has 1 aromatic rings. The van der Waals surface area contributed by atoms with E-state index in [1.165, 1.54) is 0 Å². The molecule has 9 heavy (non-hydrogen) atoms. The first-order chi connectivity index (χ1) is 4.20. The summed E-state index contributed by atoms with van der Waals surface area (Å²) < 4.78 is 0. The smallest absolute Gasteiger partial charge is 0.255 e. The van der Waals surface area contributed by atoms with Crippen LogP contribution in [0.3, 0.4) is 0 Å². The molecule has 0 aliphatic rings. The minimum absolute atomic E-state index is 0.155. The van der Waals surface area contributed by atoms with Gasteiger partial charge in [-0.1, -0.05) is 11.3 Å². The number of rotatable bonds is 1. The van der Waals surface area contributed by atoms with E-state index in [2.05, 4.69) is 10.2 Å². The Morgan fingerprint density at radius 1 is 1.89 bits per heavy atom. The van der Waals surface area contributed by atoms with Crippen LogP contribution in [0.25, 0.3) is 0 Å². The van der Waals surface area contributed by atoms with Crippen molar-refractivity contribution in [2.45, 2.75) is 12.3 Å². The molecule has 1 heterocycles. The molecule has 1 atom stereocenters. The Labute approximate surface area is 60.7 Å². The van der Waals surface area contributed by atoms with Crippen LogP contribution in [0.4, 0.5) is 0 Å². The summed E-state index contributed by atoms with van der Waals surface area (Å²) >= 11 is 6.65. The number of nitrogens with one attached hydrogen (secondary N) is 1. The Morgan fingerprint density at radius 2 is 2.56 bits per heavy atom. The maximum atomic E-state index is 10.4. The van der Waals surface area contributed by atoms with Crippen LogP contribution >= 0.6 is 22.9 Å². The number of alkyl halides is 1. The molecular formula is C4H5ClN2OS. The highest BCUT2D eigenvalue weighted by Crippen LogP contribution is 2.17. The minimum Gasteiger partial charge on any atom is -0.255 e. The second-order valence-electron chi connectivity index (χ2n) is 1.57. The average molecular weight is 165 g/mol. The second kappa shape index (κ2) is 2.49. The first-order valence-electron chi connectivity index (χ1n) is 2.39. The van der Waals surface area contributed by atoms with Crippen LogP contribution in [0.5, 0.6) is 0 Å². The third-order valence-electron chi connectivity index (χ3n) is 0.795. The van der Waals surface area contributed by atoms with Crippen molar-refractivity contribution >= 4 is 22.9 Å². The molecule has 1 unspecified atom stereocenters. The van der Waals surface area contributed by atoms with E-state index < -0.39 is 0 Å². The van der Waals surface area contributed by atoms with Gasteiger partial charge in [-0.05, 0) is 6.92 Å². The molecule has 5 heteroatoms. The molecule has 1 N–H and O–H groups in total. The molecule has 0 aromatic carbocycles. The Hall–Kier alpha value is -0.350. The summed E-state index contributed by atoms with van der Waals surface area (Å²) in [4.78, 5) is 10.3. The highest BCUT2D eigenvalue weighted by Gasteiger charge is 2.04. The van der Waals surface area contributed by atoms with Crippen LogP contribution in [0.1, 0.15) is 17.3 Å². The summed E-state index contributed by atoms with van der Waals surface area (Å²) in [5.74, 6) is 0. The topological polar surface area (TPSA) is 45.8 Å². The largest absolute Gasteiger partial charge is 0.322 e. The van der Waals surface area contributed by atoms with Crippen molar-refractivity contribution in [2.24, 2.45) is 0 Å². The van der Waals surface area contributed by atoms with Crippen LogP contribution in [0.15, 0.2) is 4.79 Å². The predicted octanol–water partition coefficient (Wildman–Crippen LogP) is 1.13. The predicted molar refractivity (Wildman–Crippen MR) is 37.0 cm³/mol. The fraction of sp³-hybridized carbons (Fsp3) is 0.500. The van der Waals surface area contributed by atoms with Gasteiger partial charge >= 0.3 is 4.87 Å². The van der Waals surface area contributed by atoms with Gasteiger partial charge in [0, 0.05) is 0 Å². The van der Waals surface area contributed by atoms with E-state index in [1.54, 1.807) is 6.92 Å². The van der Waals surface area contributed by atoms with E-state index >= 15 is 0 Å². The molecule has 0 fully saturated rings. The average Bonchev–Trinajstić information content (AvgIpc) is 2.14.